The molecule has 0 spiro atoms. The first-order valence-corrected chi connectivity index (χ1v) is 7.84. The Morgan fingerprint density at radius 3 is 2.55 bits per heavy atom. The number of carbonyl (C=O) groups is 2. The molecule has 0 radical (unpaired) electrons. The number of halogens is 1. The van der Waals surface area contributed by atoms with Crippen LogP contribution in [-0.2, 0) is 9.53 Å². The van der Waals surface area contributed by atoms with Gasteiger partial charge in [-0.3, -0.25) is 4.79 Å². The van der Waals surface area contributed by atoms with Crippen LogP contribution in [0.15, 0.2) is 16.7 Å². The van der Waals surface area contributed by atoms with Crippen LogP contribution in [0.1, 0.15) is 39.7 Å². The third-order valence-corrected chi connectivity index (χ3v) is 3.14. The zero-order valence-electron chi connectivity index (χ0n) is 13.5. The van der Waals surface area contributed by atoms with E-state index in [1.54, 1.807) is 27.0 Å². The number of aryl methyl sites for hydroxylation is 1. The lowest BCUT2D eigenvalue weighted by atomic mass is 10.2. The second kappa shape index (κ2) is 7.58. The van der Waals surface area contributed by atoms with E-state index in [9.17, 15) is 9.59 Å². The number of pyridine rings is 1. The summed E-state index contributed by atoms with van der Waals surface area (Å²) in [6.07, 6.45) is 1.43. The summed E-state index contributed by atoms with van der Waals surface area (Å²) in [5.41, 5.74) is 0.220. The number of rotatable bonds is 4. The van der Waals surface area contributed by atoms with Gasteiger partial charge < -0.3 is 15.4 Å². The molecule has 6 nitrogen and oxygen atoms in total. The zero-order valence-corrected chi connectivity index (χ0v) is 15.1. The minimum atomic E-state index is -0.681. The standard InChI is InChI=1S/C15H22BrN3O3/c1-6-11(18-14(21)22-15(3,4)5)13(20)19-12-9(2)7-10(16)8-17-12/h7-8,11H,6H2,1-5H3,(H,18,21)(H,17,19,20). The van der Waals surface area contributed by atoms with Gasteiger partial charge >= 0.3 is 6.09 Å². The fourth-order valence-electron chi connectivity index (χ4n) is 1.68. The average Bonchev–Trinajstić information content (AvgIpc) is 2.37. The van der Waals surface area contributed by atoms with Crippen molar-refractivity contribution in [3.8, 4) is 0 Å². The number of alkyl carbamates (subject to hydrolysis) is 1. The van der Waals surface area contributed by atoms with E-state index < -0.39 is 17.7 Å². The van der Waals surface area contributed by atoms with Gasteiger partial charge in [-0.1, -0.05) is 6.92 Å². The molecule has 1 heterocycles. The van der Waals surface area contributed by atoms with Crippen LogP contribution in [-0.4, -0.2) is 28.6 Å². The maximum atomic E-state index is 12.2. The first-order chi connectivity index (χ1) is 10.1. The van der Waals surface area contributed by atoms with Crippen LogP contribution in [0.5, 0.6) is 0 Å². The predicted molar refractivity (Wildman–Crippen MR) is 88.8 cm³/mol. The second-order valence-corrected chi connectivity index (χ2v) is 6.83. The quantitative estimate of drug-likeness (QED) is 0.849. The van der Waals surface area contributed by atoms with Gasteiger partial charge in [-0.2, -0.15) is 0 Å². The van der Waals surface area contributed by atoms with Crippen LogP contribution in [0.4, 0.5) is 10.6 Å². The number of aromatic nitrogens is 1. The molecule has 0 aromatic carbocycles. The smallest absolute Gasteiger partial charge is 0.408 e. The monoisotopic (exact) mass is 371 g/mol. The molecule has 122 valence electrons. The molecule has 1 rings (SSSR count). The van der Waals surface area contributed by atoms with E-state index in [4.69, 9.17) is 4.74 Å². The zero-order chi connectivity index (χ0) is 16.9. The maximum Gasteiger partial charge on any atom is 0.408 e. The first-order valence-electron chi connectivity index (χ1n) is 7.05. The molecule has 2 N–H and O–H groups in total. The largest absolute Gasteiger partial charge is 0.444 e. The lowest BCUT2D eigenvalue weighted by Gasteiger charge is -2.22. The number of carbonyl (C=O) groups excluding carboxylic acids is 2. The van der Waals surface area contributed by atoms with Gasteiger partial charge in [-0.15, -0.1) is 0 Å². The molecule has 2 amide bonds. The number of hydrogen-bond donors (Lipinski definition) is 2. The summed E-state index contributed by atoms with van der Waals surface area (Å²) in [5.74, 6) is 0.143. The fraction of sp³-hybridized carbons (Fsp3) is 0.533. The van der Waals surface area contributed by atoms with Gasteiger partial charge in [-0.25, -0.2) is 9.78 Å². The molecule has 0 aliphatic heterocycles. The van der Waals surface area contributed by atoms with Crippen LogP contribution in [0.25, 0.3) is 0 Å². The highest BCUT2D eigenvalue weighted by atomic mass is 79.9. The van der Waals surface area contributed by atoms with E-state index >= 15 is 0 Å². The predicted octanol–water partition coefficient (Wildman–Crippen LogP) is 3.39. The van der Waals surface area contributed by atoms with Crippen LogP contribution in [0, 0.1) is 6.92 Å². The molecule has 0 saturated carbocycles. The molecule has 22 heavy (non-hydrogen) atoms. The summed E-state index contributed by atoms with van der Waals surface area (Å²) in [7, 11) is 0. The number of nitrogens with zero attached hydrogens (tertiary/aromatic N) is 1. The Kier molecular flexibility index (Phi) is 6.34. The second-order valence-electron chi connectivity index (χ2n) is 5.92. The molecule has 0 aliphatic rings. The van der Waals surface area contributed by atoms with E-state index in [2.05, 4.69) is 31.5 Å². The van der Waals surface area contributed by atoms with E-state index in [0.29, 0.717) is 12.2 Å². The highest BCUT2D eigenvalue weighted by Gasteiger charge is 2.23. The van der Waals surface area contributed by atoms with Crippen LogP contribution in [0.2, 0.25) is 0 Å². The van der Waals surface area contributed by atoms with Gasteiger partial charge in [-0.05, 0) is 61.7 Å². The maximum absolute atomic E-state index is 12.2. The fourth-order valence-corrected chi connectivity index (χ4v) is 2.12. The molecule has 1 unspecified atom stereocenters. The van der Waals surface area contributed by atoms with Crippen molar-refractivity contribution < 1.29 is 14.3 Å². The van der Waals surface area contributed by atoms with Crippen LogP contribution >= 0.6 is 15.9 Å². The minimum Gasteiger partial charge on any atom is -0.444 e. The molecule has 1 atom stereocenters. The molecule has 1 aromatic rings. The molecule has 0 aliphatic carbocycles. The molecule has 7 heteroatoms. The highest BCUT2D eigenvalue weighted by Crippen LogP contribution is 2.17. The summed E-state index contributed by atoms with van der Waals surface area (Å²) in [6, 6.07) is 1.17. The molecule has 0 saturated heterocycles. The Bertz CT molecular complexity index is 555. The Hall–Kier alpha value is -1.63. The number of nitrogens with one attached hydrogen (secondary N) is 2. The van der Waals surface area contributed by atoms with Gasteiger partial charge in [0, 0.05) is 10.7 Å². The summed E-state index contributed by atoms with van der Waals surface area (Å²) >= 11 is 3.32. The summed E-state index contributed by atoms with van der Waals surface area (Å²) < 4.78 is 5.99. The lowest BCUT2D eigenvalue weighted by Crippen LogP contribution is -2.45. The molecular weight excluding hydrogens is 350 g/mol. The van der Waals surface area contributed by atoms with Crippen molar-refractivity contribution >= 4 is 33.7 Å². The Balaban J connectivity index is 2.70. The van der Waals surface area contributed by atoms with E-state index in [1.165, 1.54) is 0 Å². The number of hydrogen-bond acceptors (Lipinski definition) is 4. The Morgan fingerprint density at radius 1 is 1.41 bits per heavy atom. The summed E-state index contributed by atoms with van der Waals surface area (Å²) in [6.45, 7) is 8.95. The van der Waals surface area contributed by atoms with Gasteiger partial charge in [0.25, 0.3) is 0 Å². The van der Waals surface area contributed by atoms with Gasteiger partial charge in [0.2, 0.25) is 5.91 Å². The van der Waals surface area contributed by atoms with Gasteiger partial charge in [0.05, 0.1) is 0 Å². The van der Waals surface area contributed by atoms with Gasteiger partial charge in [0.15, 0.2) is 0 Å². The third kappa shape index (κ3) is 6.01. The molecular formula is C15H22BrN3O3. The van der Waals surface area contributed by atoms with Gasteiger partial charge in [0.1, 0.15) is 17.5 Å². The molecule has 0 fully saturated rings. The summed E-state index contributed by atoms with van der Waals surface area (Å²) in [4.78, 5) is 28.2. The lowest BCUT2D eigenvalue weighted by molar-refractivity contribution is -0.118. The Labute approximate surface area is 139 Å². The average molecular weight is 372 g/mol. The number of amides is 2. The summed E-state index contributed by atoms with van der Waals surface area (Å²) in [5, 5.41) is 5.28. The highest BCUT2D eigenvalue weighted by molar-refractivity contribution is 9.10. The minimum absolute atomic E-state index is 0.328. The normalized spacial score (nSPS) is 12.5. The van der Waals surface area contributed by atoms with E-state index in [-0.39, 0.29) is 5.91 Å². The van der Waals surface area contributed by atoms with Crippen molar-refractivity contribution in [2.75, 3.05) is 5.32 Å². The van der Waals surface area contributed by atoms with Crippen LogP contribution in [0.3, 0.4) is 0 Å². The van der Waals surface area contributed by atoms with Crippen molar-refractivity contribution in [3.05, 3.63) is 22.3 Å². The van der Waals surface area contributed by atoms with Crippen molar-refractivity contribution in [2.24, 2.45) is 0 Å². The van der Waals surface area contributed by atoms with Crippen molar-refractivity contribution in [2.45, 2.75) is 52.7 Å². The van der Waals surface area contributed by atoms with Crippen molar-refractivity contribution in [1.29, 1.82) is 0 Å². The topological polar surface area (TPSA) is 80.3 Å². The third-order valence-electron chi connectivity index (χ3n) is 2.70. The SMILES string of the molecule is CCC(NC(=O)OC(C)(C)C)C(=O)Nc1ncc(Br)cc1C. The molecule has 1 aromatic heterocycles. The van der Waals surface area contributed by atoms with E-state index in [0.717, 1.165) is 10.0 Å². The molecule has 0 bridgehead atoms. The van der Waals surface area contributed by atoms with E-state index in [1.807, 2.05) is 19.9 Å². The number of ether oxygens (including phenoxy) is 1. The van der Waals surface area contributed by atoms with Crippen molar-refractivity contribution in [3.63, 3.8) is 0 Å². The van der Waals surface area contributed by atoms with Crippen molar-refractivity contribution in [1.82, 2.24) is 10.3 Å². The first kappa shape index (κ1) is 18.4. The number of anilines is 1. The van der Waals surface area contributed by atoms with Crippen LogP contribution < -0.4 is 10.6 Å². The Morgan fingerprint density at radius 2 is 2.05 bits per heavy atom.